The molecule has 1 N–H and O–H groups in total. The molecule has 7 heteroatoms. The summed E-state index contributed by atoms with van der Waals surface area (Å²) in [5.74, 6) is -0.108. The SMILES string of the molecule is COC(=O)CCn1c(C)cc(C(=O)C[NH+]2CCN(C(=O)c3ccccc3)CC2)c1C. The molecule has 3 rings (SSSR count). The van der Waals surface area contributed by atoms with E-state index in [1.807, 2.05) is 59.7 Å². The number of quaternary nitrogens is 1. The van der Waals surface area contributed by atoms with Crippen LogP contribution in [0.1, 0.15) is 38.5 Å². The number of esters is 1. The predicted octanol–water partition coefficient (Wildman–Crippen LogP) is 0.892. The maximum absolute atomic E-state index is 12.9. The summed E-state index contributed by atoms with van der Waals surface area (Å²) in [6, 6.07) is 11.2. The second kappa shape index (κ2) is 9.71. The summed E-state index contributed by atoms with van der Waals surface area (Å²) in [5.41, 5.74) is 3.27. The molecule has 1 aromatic heterocycles. The number of hydrogen-bond donors (Lipinski definition) is 1. The van der Waals surface area contributed by atoms with Crippen molar-refractivity contribution in [1.82, 2.24) is 9.47 Å². The van der Waals surface area contributed by atoms with Gasteiger partial charge in [0.05, 0.1) is 39.7 Å². The molecule has 0 unspecified atom stereocenters. The fraction of sp³-hybridized carbons (Fsp3) is 0.435. The van der Waals surface area contributed by atoms with Gasteiger partial charge in [0.25, 0.3) is 5.91 Å². The summed E-state index contributed by atoms with van der Waals surface area (Å²) in [5, 5.41) is 0. The van der Waals surface area contributed by atoms with Crippen molar-refractivity contribution in [1.29, 1.82) is 0 Å². The topological polar surface area (TPSA) is 73.0 Å². The molecule has 0 radical (unpaired) electrons. The Bertz CT molecular complexity index is 912. The van der Waals surface area contributed by atoms with Crippen LogP contribution in [-0.4, -0.2) is 67.0 Å². The van der Waals surface area contributed by atoms with E-state index >= 15 is 0 Å². The Labute approximate surface area is 177 Å². The lowest BCUT2D eigenvalue weighted by molar-refractivity contribution is -0.895. The molecule has 1 aliphatic rings. The summed E-state index contributed by atoms with van der Waals surface area (Å²) in [4.78, 5) is 40.0. The number of nitrogens with zero attached hydrogens (tertiary/aromatic N) is 2. The smallest absolute Gasteiger partial charge is 0.307 e. The summed E-state index contributed by atoms with van der Waals surface area (Å²) < 4.78 is 6.71. The van der Waals surface area contributed by atoms with Crippen molar-refractivity contribution in [3.8, 4) is 0 Å². The predicted molar refractivity (Wildman–Crippen MR) is 113 cm³/mol. The van der Waals surface area contributed by atoms with E-state index in [4.69, 9.17) is 4.74 Å². The van der Waals surface area contributed by atoms with Gasteiger partial charge in [-0.2, -0.15) is 0 Å². The highest BCUT2D eigenvalue weighted by Crippen LogP contribution is 2.16. The molecule has 1 saturated heterocycles. The minimum absolute atomic E-state index is 0.0510. The van der Waals surface area contributed by atoms with Gasteiger partial charge in [-0.3, -0.25) is 14.4 Å². The van der Waals surface area contributed by atoms with Gasteiger partial charge in [0, 0.05) is 29.1 Å². The first-order chi connectivity index (χ1) is 14.4. The Morgan fingerprint density at radius 1 is 1.07 bits per heavy atom. The molecule has 0 saturated carbocycles. The number of aromatic nitrogens is 1. The second-order valence-electron chi connectivity index (χ2n) is 7.77. The maximum Gasteiger partial charge on any atom is 0.307 e. The molecule has 0 aliphatic carbocycles. The van der Waals surface area contributed by atoms with Gasteiger partial charge < -0.3 is 19.1 Å². The zero-order valence-corrected chi connectivity index (χ0v) is 17.9. The van der Waals surface area contributed by atoms with Crippen LogP contribution in [-0.2, 0) is 16.1 Å². The van der Waals surface area contributed by atoms with E-state index in [9.17, 15) is 14.4 Å². The number of Topliss-reactive ketones (excluding diaryl/α,β-unsaturated/α-hetero) is 1. The van der Waals surface area contributed by atoms with E-state index in [0.29, 0.717) is 37.3 Å². The third kappa shape index (κ3) is 4.97. The molecule has 0 atom stereocenters. The van der Waals surface area contributed by atoms with E-state index < -0.39 is 0 Å². The molecule has 160 valence electrons. The number of rotatable bonds is 7. The molecular weight excluding hydrogens is 382 g/mol. The average Bonchev–Trinajstić information content (AvgIpc) is 3.06. The lowest BCUT2D eigenvalue weighted by Crippen LogP contribution is -3.15. The average molecular weight is 413 g/mol. The molecule has 30 heavy (non-hydrogen) atoms. The number of ether oxygens (including phenoxy) is 1. The van der Waals surface area contributed by atoms with Crippen LogP contribution in [0.4, 0.5) is 0 Å². The van der Waals surface area contributed by atoms with Crippen molar-refractivity contribution in [2.24, 2.45) is 0 Å². The van der Waals surface area contributed by atoms with E-state index in [0.717, 1.165) is 24.5 Å². The minimum atomic E-state index is -0.261. The fourth-order valence-corrected chi connectivity index (χ4v) is 4.02. The van der Waals surface area contributed by atoms with Crippen molar-refractivity contribution in [2.45, 2.75) is 26.8 Å². The third-order valence-electron chi connectivity index (χ3n) is 5.83. The lowest BCUT2D eigenvalue weighted by atomic mass is 10.1. The van der Waals surface area contributed by atoms with Crippen LogP contribution >= 0.6 is 0 Å². The Balaban J connectivity index is 1.56. The summed E-state index contributed by atoms with van der Waals surface area (Å²) in [6.45, 7) is 7.59. The highest BCUT2D eigenvalue weighted by Gasteiger charge is 2.27. The maximum atomic E-state index is 12.9. The van der Waals surface area contributed by atoms with E-state index in [1.165, 1.54) is 12.0 Å². The molecule has 0 bridgehead atoms. The van der Waals surface area contributed by atoms with Crippen LogP contribution in [0.25, 0.3) is 0 Å². The molecule has 2 aromatic rings. The normalized spacial score (nSPS) is 14.6. The largest absolute Gasteiger partial charge is 0.469 e. The molecule has 1 aromatic carbocycles. The molecule has 2 heterocycles. The number of carbonyl (C=O) groups is 3. The van der Waals surface area contributed by atoms with Gasteiger partial charge in [0.1, 0.15) is 6.54 Å². The van der Waals surface area contributed by atoms with Crippen molar-refractivity contribution >= 4 is 17.7 Å². The van der Waals surface area contributed by atoms with Crippen LogP contribution in [0, 0.1) is 13.8 Å². The minimum Gasteiger partial charge on any atom is -0.469 e. The van der Waals surface area contributed by atoms with E-state index in [-0.39, 0.29) is 24.1 Å². The molecular formula is C23H30N3O4+. The zero-order valence-electron chi connectivity index (χ0n) is 17.9. The van der Waals surface area contributed by atoms with Gasteiger partial charge in [-0.25, -0.2) is 0 Å². The number of benzene rings is 1. The first kappa shape index (κ1) is 21.8. The van der Waals surface area contributed by atoms with E-state index in [1.54, 1.807) is 0 Å². The van der Waals surface area contributed by atoms with Gasteiger partial charge >= 0.3 is 5.97 Å². The first-order valence-corrected chi connectivity index (χ1v) is 10.4. The Morgan fingerprint density at radius 3 is 2.37 bits per heavy atom. The zero-order chi connectivity index (χ0) is 21.7. The highest BCUT2D eigenvalue weighted by atomic mass is 16.5. The fourth-order valence-electron chi connectivity index (χ4n) is 4.02. The monoisotopic (exact) mass is 412 g/mol. The number of nitrogens with one attached hydrogen (secondary N) is 1. The lowest BCUT2D eigenvalue weighted by Gasteiger charge is -2.32. The van der Waals surface area contributed by atoms with Crippen LogP contribution in [0.3, 0.4) is 0 Å². The molecule has 1 aliphatic heterocycles. The van der Waals surface area contributed by atoms with Crippen molar-refractivity contribution in [3.63, 3.8) is 0 Å². The summed E-state index contributed by atoms with van der Waals surface area (Å²) >= 11 is 0. The van der Waals surface area contributed by atoms with Crippen LogP contribution in [0.5, 0.6) is 0 Å². The third-order valence-corrected chi connectivity index (χ3v) is 5.83. The van der Waals surface area contributed by atoms with Crippen molar-refractivity contribution in [2.75, 3.05) is 39.8 Å². The van der Waals surface area contributed by atoms with E-state index in [2.05, 4.69) is 0 Å². The number of hydrogen-bond acceptors (Lipinski definition) is 4. The number of ketones is 1. The van der Waals surface area contributed by atoms with Crippen LogP contribution < -0.4 is 4.90 Å². The molecule has 0 spiro atoms. The number of carbonyl (C=O) groups excluding carboxylic acids is 3. The highest BCUT2D eigenvalue weighted by molar-refractivity contribution is 5.98. The Hall–Kier alpha value is -2.93. The van der Waals surface area contributed by atoms with Gasteiger partial charge in [-0.1, -0.05) is 18.2 Å². The summed E-state index contributed by atoms with van der Waals surface area (Å²) in [6.07, 6.45) is 0.281. The molecule has 1 amide bonds. The van der Waals surface area contributed by atoms with Crippen molar-refractivity contribution < 1.29 is 24.0 Å². The van der Waals surface area contributed by atoms with Gasteiger partial charge in [-0.05, 0) is 32.0 Å². The van der Waals surface area contributed by atoms with Crippen LogP contribution in [0.15, 0.2) is 36.4 Å². The molecule has 1 fully saturated rings. The van der Waals surface area contributed by atoms with Gasteiger partial charge in [0.2, 0.25) is 5.78 Å². The number of amides is 1. The van der Waals surface area contributed by atoms with Crippen LogP contribution in [0.2, 0.25) is 0 Å². The second-order valence-corrected chi connectivity index (χ2v) is 7.77. The number of piperazine rings is 1. The number of aryl methyl sites for hydroxylation is 1. The van der Waals surface area contributed by atoms with Gasteiger partial charge in [0.15, 0.2) is 0 Å². The summed E-state index contributed by atoms with van der Waals surface area (Å²) in [7, 11) is 1.38. The standard InChI is InChI=1S/C23H29N3O4/c1-17-15-20(18(2)26(17)10-9-22(28)30-3)21(27)16-24-11-13-25(14-12-24)23(29)19-7-5-4-6-8-19/h4-8,15H,9-14,16H2,1-3H3/p+1. The van der Waals surface area contributed by atoms with Gasteiger partial charge in [-0.15, -0.1) is 0 Å². The van der Waals surface area contributed by atoms with Crippen molar-refractivity contribution in [3.05, 3.63) is 58.9 Å². The Morgan fingerprint density at radius 2 is 1.73 bits per heavy atom. The Kier molecular flexibility index (Phi) is 7.05. The quantitative estimate of drug-likeness (QED) is 0.542. The first-order valence-electron chi connectivity index (χ1n) is 10.4. The molecule has 7 nitrogen and oxygen atoms in total. The number of methoxy groups -OCH3 is 1.